The van der Waals surface area contributed by atoms with Gasteiger partial charge >= 0.3 is 0 Å². The Bertz CT molecular complexity index is 1360. The van der Waals surface area contributed by atoms with Crippen LogP contribution in [0.3, 0.4) is 0 Å². The van der Waals surface area contributed by atoms with E-state index in [1.165, 1.54) is 34.2 Å². The fourth-order valence-electron chi connectivity index (χ4n) is 4.35. The van der Waals surface area contributed by atoms with E-state index < -0.39 is 39.3 Å². The molecule has 222 valence electrons. The molecule has 4 heterocycles. The smallest absolute Gasteiger partial charge is 0.267 e. The molecule has 41 heavy (non-hydrogen) atoms. The van der Waals surface area contributed by atoms with Crippen molar-refractivity contribution in [2.45, 2.75) is 71.0 Å². The summed E-state index contributed by atoms with van der Waals surface area (Å²) in [5, 5.41) is 6.87. The van der Waals surface area contributed by atoms with E-state index in [-0.39, 0.29) is 53.1 Å². The van der Waals surface area contributed by atoms with Gasteiger partial charge in [0.2, 0.25) is 0 Å². The van der Waals surface area contributed by atoms with Crippen LogP contribution in [-0.2, 0) is 11.5 Å². The standard InChI is InChI=1S/C27H35F4N7O2Si/c1-17(2)24-33-12-18(13-34-24)26(39)36-21-19(6-8-32-25(21)37-9-7-27(30,31)15-37)22-20(23(28)29)14-35-38(22)16-40-10-11-41(3,4)5/h6,8,12-14,17,23H,7,9-11,15-16H2,1-5H3,(H,36,39). The van der Waals surface area contributed by atoms with E-state index in [4.69, 9.17) is 4.74 Å². The van der Waals surface area contributed by atoms with E-state index >= 15 is 0 Å². The number of rotatable bonds is 11. The molecular formula is C27H35F4N7O2Si. The zero-order valence-electron chi connectivity index (χ0n) is 23.8. The lowest BCUT2D eigenvalue weighted by Crippen LogP contribution is -2.27. The van der Waals surface area contributed by atoms with Gasteiger partial charge in [-0.25, -0.2) is 37.2 Å². The van der Waals surface area contributed by atoms with Gasteiger partial charge in [0.05, 0.1) is 35.2 Å². The maximum Gasteiger partial charge on any atom is 0.267 e. The van der Waals surface area contributed by atoms with Crippen LogP contribution >= 0.6 is 0 Å². The lowest BCUT2D eigenvalue weighted by atomic mass is 10.1. The van der Waals surface area contributed by atoms with Gasteiger partial charge in [-0.15, -0.1) is 0 Å². The predicted molar refractivity (Wildman–Crippen MR) is 150 cm³/mol. The van der Waals surface area contributed by atoms with Crippen molar-refractivity contribution in [3.63, 3.8) is 0 Å². The van der Waals surface area contributed by atoms with Gasteiger partial charge < -0.3 is 15.0 Å². The second-order valence-corrected chi connectivity index (χ2v) is 17.2. The molecule has 3 aromatic rings. The van der Waals surface area contributed by atoms with Gasteiger partial charge in [0, 0.05) is 57.7 Å². The van der Waals surface area contributed by atoms with Crippen LogP contribution in [0.2, 0.25) is 25.7 Å². The van der Waals surface area contributed by atoms with Crippen molar-refractivity contribution in [2.24, 2.45) is 0 Å². The maximum atomic E-state index is 14.2. The van der Waals surface area contributed by atoms with E-state index in [1.54, 1.807) is 0 Å². The van der Waals surface area contributed by atoms with Gasteiger partial charge in [-0.05, 0) is 12.1 Å². The number of ether oxygens (including phenoxy) is 1. The van der Waals surface area contributed by atoms with Crippen LogP contribution in [-0.4, -0.2) is 64.3 Å². The highest BCUT2D eigenvalue weighted by Gasteiger charge is 2.40. The Balaban J connectivity index is 1.76. The SMILES string of the molecule is CC(C)c1ncc(C(=O)Nc2c(-c3c(C(F)F)cnn3COCC[Si](C)(C)C)ccnc2N2CCC(F)(F)C2)cn1. The molecule has 0 atom stereocenters. The van der Waals surface area contributed by atoms with Crippen molar-refractivity contribution < 1.29 is 27.1 Å². The minimum Gasteiger partial charge on any atom is -0.360 e. The van der Waals surface area contributed by atoms with E-state index in [9.17, 15) is 22.4 Å². The first-order valence-electron chi connectivity index (χ1n) is 13.4. The topological polar surface area (TPSA) is 98.1 Å². The van der Waals surface area contributed by atoms with Crippen LogP contribution in [0.25, 0.3) is 11.3 Å². The number of alkyl halides is 4. The number of carbonyl (C=O) groups excluding carboxylic acids is 1. The summed E-state index contributed by atoms with van der Waals surface area (Å²) >= 11 is 0. The maximum absolute atomic E-state index is 14.2. The quantitative estimate of drug-likeness (QED) is 0.160. The summed E-state index contributed by atoms with van der Waals surface area (Å²) in [5.41, 5.74) is -0.111. The third-order valence-electron chi connectivity index (χ3n) is 6.66. The molecule has 0 bridgehead atoms. The van der Waals surface area contributed by atoms with Crippen molar-refractivity contribution in [2.75, 3.05) is 29.9 Å². The zero-order chi connectivity index (χ0) is 29.9. The lowest BCUT2D eigenvalue weighted by molar-refractivity contribution is 0.0256. The van der Waals surface area contributed by atoms with Gasteiger partial charge in [0.1, 0.15) is 12.6 Å². The van der Waals surface area contributed by atoms with Gasteiger partial charge in [-0.2, -0.15) is 5.10 Å². The van der Waals surface area contributed by atoms with Crippen molar-refractivity contribution in [3.8, 4) is 11.3 Å². The van der Waals surface area contributed by atoms with Gasteiger partial charge in [-0.1, -0.05) is 33.5 Å². The first-order chi connectivity index (χ1) is 19.3. The number of hydrogen-bond donors (Lipinski definition) is 1. The fraction of sp³-hybridized carbons (Fsp3) is 0.519. The van der Waals surface area contributed by atoms with Gasteiger partial charge in [0.25, 0.3) is 18.3 Å². The molecule has 3 aromatic heterocycles. The monoisotopic (exact) mass is 593 g/mol. The first-order valence-corrected chi connectivity index (χ1v) is 17.1. The lowest BCUT2D eigenvalue weighted by Gasteiger charge is -2.23. The third kappa shape index (κ3) is 7.47. The van der Waals surface area contributed by atoms with Crippen LogP contribution in [0.1, 0.15) is 54.4 Å². The highest BCUT2D eigenvalue weighted by atomic mass is 28.3. The number of amides is 1. The highest BCUT2D eigenvalue weighted by Crippen LogP contribution is 2.41. The number of pyridine rings is 1. The molecule has 1 saturated heterocycles. The summed E-state index contributed by atoms with van der Waals surface area (Å²) in [6, 6.07) is 2.32. The Morgan fingerprint density at radius 2 is 1.85 bits per heavy atom. The van der Waals surface area contributed by atoms with Crippen LogP contribution in [0.4, 0.5) is 29.1 Å². The summed E-state index contributed by atoms with van der Waals surface area (Å²) in [4.78, 5) is 27.4. The number of nitrogens with zero attached hydrogens (tertiary/aromatic N) is 6. The average Bonchev–Trinajstić information content (AvgIpc) is 3.49. The number of halogens is 4. The van der Waals surface area contributed by atoms with E-state index in [2.05, 4.69) is 45.0 Å². The second kappa shape index (κ2) is 12.2. The summed E-state index contributed by atoms with van der Waals surface area (Å²) < 4.78 is 63.9. The number of hydrogen-bond acceptors (Lipinski definition) is 7. The van der Waals surface area contributed by atoms with Crippen LogP contribution in [0.5, 0.6) is 0 Å². The summed E-state index contributed by atoms with van der Waals surface area (Å²) in [6.45, 7) is 10.1. The van der Waals surface area contributed by atoms with Crippen molar-refractivity contribution >= 4 is 25.5 Å². The van der Waals surface area contributed by atoms with Crippen molar-refractivity contribution in [1.29, 1.82) is 0 Å². The van der Waals surface area contributed by atoms with Crippen molar-refractivity contribution in [1.82, 2.24) is 24.7 Å². The second-order valence-electron chi connectivity index (χ2n) is 11.6. The molecule has 0 spiro atoms. The molecular weight excluding hydrogens is 558 g/mol. The Morgan fingerprint density at radius 3 is 2.44 bits per heavy atom. The predicted octanol–water partition coefficient (Wildman–Crippen LogP) is 6.21. The first kappa shape index (κ1) is 30.6. The minimum atomic E-state index is -2.96. The molecule has 0 radical (unpaired) electrons. The molecule has 9 nitrogen and oxygen atoms in total. The van der Waals surface area contributed by atoms with Crippen LogP contribution < -0.4 is 10.2 Å². The van der Waals surface area contributed by atoms with Crippen molar-refractivity contribution in [3.05, 3.63) is 47.8 Å². The minimum absolute atomic E-state index is 0.00400. The average molecular weight is 594 g/mol. The summed E-state index contributed by atoms with van der Waals surface area (Å²) in [5.74, 6) is -2.97. The number of carbonyl (C=O) groups is 1. The van der Waals surface area contributed by atoms with Crippen LogP contribution in [0.15, 0.2) is 30.9 Å². The van der Waals surface area contributed by atoms with Gasteiger partial charge in [0.15, 0.2) is 5.82 Å². The molecule has 0 aromatic carbocycles. The largest absolute Gasteiger partial charge is 0.360 e. The Kier molecular flexibility index (Phi) is 9.12. The zero-order valence-corrected chi connectivity index (χ0v) is 24.8. The highest BCUT2D eigenvalue weighted by molar-refractivity contribution is 6.76. The molecule has 1 aliphatic heterocycles. The molecule has 1 amide bonds. The molecule has 1 fully saturated rings. The number of aromatic nitrogens is 5. The molecule has 0 saturated carbocycles. The van der Waals surface area contributed by atoms with Crippen LogP contribution in [0, 0.1) is 0 Å². The molecule has 1 aliphatic rings. The number of nitrogens with one attached hydrogen (secondary N) is 1. The molecule has 14 heteroatoms. The van der Waals surface area contributed by atoms with E-state index in [0.29, 0.717) is 12.4 Å². The Labute approximate surface area is 237 Å². The fourth-order valence-corrected chi connectivity index (χ4v) is 5.10. The molecule has 1 N–H and O–H groups in total. The Morgan fingerprint density at radius 1 is 1.15 bits per heavy atom. The summed E-state index contributed by atoms with van der Waals surface area (Å²) in [6.07, 6.45) is 1.82. The Hall–Kier alpha value is -3.39. The molecule has 4 rings (SSSR count). The van der Waals surface area contributed by atoms with Gasteiger partial charge in [-0.3, -0.25) is 4.79 Å². The molecule has 0 aliphatic carbocycles. The van der Waals surface area contributed by atoms with E-state index in [1.807, 2.05) is 13.8 Å². The normalized spacial score (nSPS) is 15.2. The summed E-state index contributed by atoms with van der Waals surface area (Å²) in [7, 11) is -1.40. The molecule has 0 unspecified atom stereocenters. The number of anilines is 2. The van der Waals surface area contributed by atoms with E-state index in [0.717, 1.165) is 12.2 Å². The third-order valence-corrected chi connectivity index (χ3v) is 8.36.